The molecular formula is C27H27N5O4. The average Bonchev–Trinajstić information content (AvgIpc) is 2.91. The molecule has 1 aliphatic rings. The number of carbonyl (C=O) groups excluding carboxylic acids is 1. The Hall–Kier alpha value is -4.24. The fraction of sp³-hybridized carbons (Fsp3) is 0.259. The number of aryl methyl sites for hydroxylation is 1. The van der Waals surface area contributed by atoms with Gasteiger partial charge in [0.2, 0.25) is 5.88 Å². The van der Waals surface area contributed by atoms with E-state index in [0.29, 0.717) is 60.4 Å². The second kappa shape index (κ2) is 10.6. The molecular weight excluding hydrogens is 458 g/mol. The third-order valence-electron chi connectivity index (χ3n) is 5.89. The van der Waals surface area contributed by atoms with Gasteiger partial charge < -0.3 is 24.4 Å². The van der Waals surface area contributed by atoms with E-state index < -0.39 is 6.10 Å². The molecule has 1 N–H and O–H groups in total. The van der Waals surface area contributed by atoms with E-state index >= 15 is 0 Å². The Balaban J connectivity index is 1.38. The Labute approximate surface area is 209 Å². The molecule has 184 valence electrons. The van der Waals surface area contributed by atoms with Gasteiger partial charge in [-0.3, -0.25) is 4.79 Å². The maximum Gasteiger partial charge on any atom is 0.263 e. The fourth-order valence-corrected chi connectivity index (χ4v) is 4.05. The van der Waals surface area contributed by atoms with E-state index in [1.807, 2.05) is 61.5 Å². The third-order valence-corrected chi connectivity index (χ3v) is 5.89. The van der Waals surface area contributed by atoms with E-state index in [-0.39, 0.29) is 5.91 Å². The number of hydrogen-bond donors (Lipinski definition) is 1. The van der Waals surface area contributed by atoms with Crippen LogP contribution in [0.25, 0.3) is 10.9 Å². The van der Waals surface area contributed by atoms with Gasteiger partial charge in [-0.25, -0.2) is 15.0 Å². The largest absolute Gasteiger partial charge is 0.480 e. The summed E-state index contributed by atoms with van der Waals surface area (Å²) in [7, 11) is 0. The van der Waals surface area contributed by atoms with Gasteiger partial charge in [-0.2, -0.15) is 0 Å². The second-order valence-electron chi connectivity index (χ2n) is 8.45. The summed E-state index contributed by atoms with van der Waals surface area (Å²) in [5, 5.41) is 4.07. The summed E-state index contributed by atoms with van der Waals surface area (Å²) in [5.41, 5.74) is 2.47. The van der Waals surface area contributed by atoms with Crippen LogP contribution in [0.15, 0.2) is 67.1 Å². The molecule has 9 nitrogen and oxygen atoms in total. The van der Waals surface area contributed by atoms with Gasteiger partial charge in [0.25, 0.3) is 5.91 Å². The van der Waals surface area contributed by atoms with E-state index in [4.69, 9.17) is 14.2 Å². The van der Waals surface area contributed by atoms with Gasteiger partial charge in [0.15, 0.2) is 6.10 Å². The number of hydrogen-bond acceptors (Lipinski definition) is 8. The molecule has 0 aliphatic carbocycles. The van der Waals surface area contributed by atoms with Gasteiger partial charge in [-0.1, -0.05) is 12.1 Å². The minimum atomic E-state index is -0.660. The smallest absolute Gasteiger partial charge is 0.263 e. The summed E-state index contributed by atoms with van der Waals surface area (Å²) in [5.74, 6) is 2.30. The number of rotatable bonds is 7. The first kappa shape index (κ1) is 23.5. The van der Waals surface area contributed by atoms with E-state index in [1.165, 1.54) is 6.33 Å². The molecule has 1 fully saturated rings. The van der Waals surface area contributed by atoms with Crippen LogP contribution in [-0.2, 0) is 9.53 Å². The molecule has 1 saturated heterocycles. The number of nitrogens with one attached hydrogen (secondary N) is 1. The zero-order valence-electron chi connectivity index (χ0n) is 20.2. The number of ether oxygens (including phenoxy) is 3. The van der Waals surface area contributed by atoms with Crippen molar-refractivity contribution in [2.24, 2.45) is 0 Å². The molecule has 0 unspecified atom stereocenters. The Morgan fingerprint density at radius 3 is 2.67 bits per heavy atom. The molecule has 5 rings (SSSR count). The summed E-state index contributed by atoms with van der Waals surface area (Å²) >= 11 is 0. The molecule has 3 heterocycles. The quantitative estimate of drug-likeness (QED) is 0.409. The van der Waals surface area contributed by atoms with Gasteiger partial charge in [-0.05, 0) is 55.8 Å². The van der Waals surface area contributed by atoms with Crippen molar-refractivity contribution in [3.63, 3.8) is 0 Å². The van der Waals surface area contributed by atoms with Crippen molar-refractivity contribution in [2.75, 3.05) is 31.6 Å². The van der Waals surface area contributed by atoms with Crippen LogP contribution in [0.2, 0.25) is 0 Å². The van der Waals surface area contributed by atoms with E-state index in [2.05, 4.69) is 20.3 Å². The normalized spacial score (nSPS) is 14.3. The van der Waals surface area contributed by atoms with Gasteiger partial charge in [-0.15, -0.1) is 0 Å². The van der Waals surface area contributed by atoms with Crippen LogP contribution < -0.4 is 14.8 Å². The van der Waals surface area contributed by atoms with Crippen molar-refractivity contribution in [3.8, 4) is 17.4 Å². The van der Waals surface area contributed by atoms with Crippen LogP contribution in [-0.4, -0.2) is 58.2 Å². The average molecular weight is 486 g/mol. The lowest BCUT2D eigenvalue weighted by molar-refractivity contribution is -0.142. The predicted octanol–water partition coefficient (Wildman–Crippen LogP) is 4.50. The molecule has 36 heavy (non-hydrogen) atoms. The summed E-state index contributed by atoms with van der Waals surface area (Å²) < 4.78 is 17.4. The summed E-state index contributed by atoms with van der Waals surface area (Å²) in [6.45, 7) is 5.94. The standard InChI is InChI=1S/C27H27N5O4/c1-18-16-20(9-10-22(18)36-24-8-3-4-11-28-24)31-26-25-21(29-17-30-26)6-5-7-23(25)35-19(2)27(33)32-12-14-34-15-13-32/h3-11,16-17,19H,12-15H2,1-2H3,(H,29,30,31)/t19-/m1/s1. The van der Waals surface area contributed by atoms with E-state index in [9.17, 15) is 4.79 Å². The number of pyridine rings is 1. The molecule has 0 bridgehead atoms. The van der Waals surface area contributed by atoms with Crippen molar-refractivity contribution in [1.82, 2.24) is 19.9 Å². The van der Waals surface area contributed by atoms with Crippen LogP contribution in [0, 0.1) is 6.92 Å². The van der Waals surface area contributed by atoms with E-state index in [0.717, 1.165) is 11.3 Å². The van der Waals surface area contributed by atoms with Crippen molar-refractivity contribution >= 4 is 28.3 Å². The Kier molecular flexibility index (Phi) is 6.90. The molecule has 0 radical (unpaired) electrons. The topological polar surface area (TPSA) is 98.7 Å². The highest BCUT2D eigenvalue weighted by Gasteiger charge is 2.25. The maximum atomic E-state index is 12.9. The molecule has 1 atom stereocenters. The first-order valence-electron chi connectivity index (χ1n) is 11.8. The lowest BCUT2D eigenvalue weighted by Crippen LogP contribution is -2.46. The molecule has 0 spiro atoms. The van der Waals surface area contributed by atoms with Crippen molar-refractivity contribution in [2.45, 2.75) is 20.0 Å². The van der Waals surface area contributed by atoms with Crippen LogP contribution in [0.3, 0.4) is 0 Å². The molecule has 4 aromatic rings. The van der Waals surface area contributed by atoms with Crippen molar-refractivity contribution in [1.29, 1.82) is 0 Å². The third kappa shape index (κ3) is 5.21. The highest BCUT2D eigenvalue weighted by Crippen LogP contribution is 2.33. The summed E-state index contributed by atoms with van der Waals surface area (Å²) in [6, 6.07) is 16.9. The lowest BCUT2D eigenvalue weighted by Gasteiger charge is -2.29. The minimum absolute atomic E-state index is 0.0687. The SMILES string of the molecule is Cc1cc(Nc2ncnc3cccc(O[C@H](C)C(=O)N4CCOCC4)c23)ccc1Oc1ccccn1. The monoisotopic (exact) mass is 485 g/mol. The van der Waals surface area contributed by atoms with Gasteiger partial charge in [0.1, 0.15) is 23.6 Å². The molecule has 1 aliphatic heterocycles. The second-order valence-corrected chi connectivity index (χ2v) is 8.45. The van der Waals surface area contributed by atoms with Crippen molar-refractivity contribution in [3.05, 3.63) is 72.7 Å². The van der Waals surface area contributed by atoms with Crippen LogP contribution in [0.1, 0.15) is 12.5 Å². The summed E-state index contributed by atoms with van der Waals surface area (Å²) in [6.07, 6.45) is 2.53. The zero-order chi connectivity index (χ0) is 24.9. The van der Waals surface area contributed by atoms with Crippen LogP contribution >= 0.6 is 0 Å². The Morgan fingerprint density at radius 1 is 1.03 bits per heavy atom. The van der Waals surface area contributed by atoms with Crippen molar-refractivity contribution < 1.29 is 19.0 Å². The number of amides is 1. The number of benzene rings is 2. The first-order chi connectivity index (χ1) is 17.6. The highest BCUT2D eigenvalue weighted by atomic mass is 16.5. The number of aromatic nitrogens is 3. The molecule has 2 aromatic heterocycles. The molecule has 0 saturated carbocycles. The van der Waals surface area contributed by atoms with Crippen LogP contribution in [0.5, 0.6) is 17.4 Å². The zero-order valence-corrected chi connectivity index (χ0v) is 20.2. The Morgan fingerprint density at radius 2 is 1.89 bits per heavy atom. The van der Waals surface area contributed by atoms with Gasteiger partial charge in [0.05, 0.1) is 24.1 Å². The maximum absolute atomic E-state index is 12.9. The number of anilines is 2. The molecule has 9 heteroatoms. The first-order valence-corrected chi connectivity index (χ1v) is 11.8. The minimum Gasteiger partial charge on any atom is -0.480 e. The number of nitrogens with zero attached hydrogens (tertiary/aromatic N) is 4. The molecule has 2 aromatic carbocycles. The number of carbonyl (C=O) groups is 1. The molecule has 1 amide bonds. The van der Waals surface area contributed by atoms with Crippen LogP contribution in [0.4, 0.5) is 11.5 Å². The lowest BCUT2D eigenvalue weighted by atomic mass is 10.1. The predicted molar refractivity (Wildman–Crippen MR) is 136 cm³/mol. The Bertz CT molecular complexity index is 1350. The highest BCUT2D eigenvalue weighted by molar-refractivity contribution is 5.96. The van der Waals surface area contributed by atoms with Gasteiger partial charge in [0, 0.05) is 31.0 Å². The van der Waals surface area contributed by atoms with Gasteiger partial charge >= 0.3 is 0 Å². The number of fused-ring (bicyclic) bond motifs is 1. The van der Waals surface area contributed by atoms with E-state index in [1.54, 1.807) is 18.0 Å². The summed E-state index contributed by atoms with van der Waals surface area (Å²) in [4.78, 5) is 27.7. The number of morpholine rings is 1. The fourth-order valence-electron chi connectivity index (χ4n) is 4.05.